The highest BCUT2D eigenvalue weighted by molar-refractivity contribution is 14.1. The van der Waals surface area contributed by atoms with Crippen molar-refractivity contribution in [2.24, 2.45) is 0 Å². The maximum absolute atomic E-state index is 12.8. The molecule has 0 unspecified atom stereocenters. The van der Waals surface area contributed by atoms with Crippen LogP contribution in [0.1, 0.15) is 19.4 Å². The van der Waals surface area contributed by atoms with E-state index in [2.05, 4.69) is 22.6 Å². The standard InChI is InChI=1S/C14H18IO5P/c1-4-19-21(17,20-5-2)13(14(16)18-3)10-11-6-8-12(15)9-7-11/h6-10H,4-5H2,1-3H3/b13-10+. The number of rotatable bonds is 7. The number of halogens is 1. The van der Waals surface area contributed by atoms with E-state index in [1.807, 2.05) is 24.3 Å². The first-order chi connectivity index (χ1) is 9.96. The minimum atomic E-state index is -3.69. The first-order valence-corrected chi connectivity index (χ1v) is 9.04. The van der Waals surface area contributed by atoms with Crippen LogP contribution in [-0.2, 0) is 23.1 Å². The van der Waals surface area contributed by atoms with E-state index >= 15 is 0 Å². The summed E-state index contributed by atoms with van der Waals surface area (Å²) in [6.07, 6.45) is 1.48. The van der Waals surface area contributed by atoms with Crippen LogP contribution in [0, 0.1) is 3.57 Å². The summed E-state index contributed by atoms with van der Waals surface area (Å²) in [7, 11) is -2.47. The van der Waals surface area contributed by atoms with Crippen molar-refractivity contribution in [3.63, 3.8) is 0 Å². The molecule has 0 spiro atoms. The maximum Gasteiger partial charge on any atom is 0.368 e. The number of carbonyl (C=O) groups excluding carboxylic acids is 1. The molecule has 0 aromatic heterocycles. The van der Waals surface area contributed by atoms with Gasteiger partial charge in [0.05, 0.1) is 20.3 Å². The summed E-state index contributed by atoms with van der Waals surface area (Å²) < 4.78 is 29.0. The summed E-state index contributed by atoms with van der Waals surface area (Å²) in [4.78, 5) is 12.0. The summed E-state index contributed by atoms with van der Waals surface area (Å²) in [6.45, 7) is 3.70. The summed E-state index contributed by atoms with van der Waals surface area (Å²) in [6, 6.07) is 7.39. The summed E-state index contributed by atoms with van der Waals surface area (Å²) >= 11 is 2.18. The van der Waals surface area contributed by atoms with Gasteiger partial charge in [-0.05, 0) is 60.2 Å². The fourth-order valence-corrected chi connectivity index (χ4v) is 3.60. The molecule has 0 saturated carbocycles. The average Bonchev–Trinajstić information content (AvgIpc) is 2.46. The van der Waals surface area contributed by atoms with Crippen molar-refractivity contribution >= 4 is 42.2 Å². The van der Waals surface area contributed by atoms with E-state index in [0.717, 1.165) is 9.13 Å². The molecule has 0 N–H and O–H groups in total. The van der Waals surface area contributed by atoms with Gasteiger partial charge < -0.3 is 13.8 Å². The van der Waals surface area contributed by atoms with E-state index in [9.17, 15) is 9.36 Å². The average molecular weight is 424 g/mol. The van der Waals surface area contributed by atoms with E-state index in [1.54, 1.807) is 13.8 Å². The number of esters is 1. The van der Waals surface area contributed by atoms with Gasteiger partial charge in [-0.2, -0.15) is 0 Å². The van der Waals surface area contributed by atoms with Crippen LogP contribution >= 0.6 is 30.2 Å². The summed E-state index contributed by atoms with van der Waals surface area (Å²) in [5.41, 5.74) is 0.718. The van der Waals surface area contributed by atoms with Gasteiger partial charge in [0.1, 0.15) is 5.31 Å². The molecule has 1 aromatic carbocycles. The van der Waals surface area contributed by atoms with Gasteiger partial charge in [0.2, 0.25) is 0 Å². The van der Waals surface area contributed by atoms with Crippen molar-refractivity contribution in [2.75, 3.05) is 20.3 Å². The number of benzene rings is 1. The van der Waals surface area contributed by atoms with Crippen molar-refractivity contribution in [1.82, 2.24) is 0 Å². The quantitative estimate of drug-likeness (QED) is 0.286. The third-order valence-electron chi connectivity index (χ3n) is 2.46. The molecule has 5 nitrogen and oxygen atoms in total. The van der Waals surface area contributed by atoms with Crippen molar-refractivity contribution in [3.05, 3.63) is 38.7 Å². The Morgan fingerprint density at radius 1 is 1.19 bits per heavy atom. The van der Waals surface area contributed by atoms with Gasteiger partial charge in [-0.1, -0.05) is 12.1 Å². The van der Waals surface area contributed by atoms with Crippen LogP contribution in [-0.4, -0.2) is 26.3 Å². The smallest absolute Gasteiger partial charge is 0.368 e. The van der Waals surface area contributed by atoms with E-state index in [0.29, 0.717) is 0 Å². The normalized spacial score (nSPS) is 12.3. The molecular weight excluding hydrogens is 406 g/mol. The molecule has 7 heteroatoms. The Balaban J connectivity index is 3.29. The van der Waals surface area contributed by atoms with Crippen LogP contribution in [0.25, 0.3) is 6.08 Å². The molecule has 0 aliphatic rings. The van der Waals surface area contributed by atoms with Gasteiger partial charge >= 0.3 is 13.6 Å². The van der Waals surface area contributed by atoms with Crippen LogP contribution in [0.3, 0.4) is 0 Å². The zero-order valence-electron chi connectivity index (χ0n) is 12.2. The van der Waals surface area contributed by atoms with Crippen LogP contribution in [0.4, 0.5) is 0 Å². The molecule has 0 aliphatic carbocycles. The highest BCUT2D eigenvalue weighted by atomic mass is 127. The van der Waals surface area contributed by atoms with Crippen molar-refractivity contribution in [1.29, 1.82) is 0 Å². The van der Waals surface area contributed by atoms with Gasteiger partial charge in [-0.15, -0.1) is 0 Å². The molecule has 0 bridgehead atoms. The number of methoxy groups -OCH3 is 1. The zero-order chi connectivity index (χ0) is 15.9. The Morgan fingerprint density at radius 2 is 1.71 bits per heavy atom. The molecule has 116 valence electrons. The van der Waals surface area contributed by atoms with Gasteiger partial charge in [0.25, 0.3) is 0 Å². The van der Waals surface area contributed by atoms with Crippen LogP contribution in [0.15, 0.2) is 29.6 Å². The minimum absolute atomic E-state index is 0.102. The second-order valence-corrected chi connectivity index (χ2v) is 7.14. The molecule has 1 aromatic rings. The minimum Gasteiger partial charge on any atom is -0.465 e. The van der Waals surface area contributed by atoms with E-state index < -0.39 is 13.6 Å². The first kappa shape index (κ1) is 18.4. The second-order valence-electron chi connectivity index (χ2n) is 3.91. The monoisotopic (exact) mass is 424 g/mol. The van der Waals surface area contributed by atoms with Crippen molar-refractivity contribution < 1.29 is 23.1 Å². The molecule has 21 heavy (non-hydrogen) atoms. The molecule has 0 heterocycles. The maximum atomic E-state index is 12.8. The summed E-state index contributed by atoms with van der Waals surface area (Å²) in [5, 5.41) is -0.102. The van der Waals surface area contributed by atoms with Gasteiger partial charge in [0, 0.05) is 3.57 Å². The van der Waals surface area contributed by atoms with E-state index in [1.165, 1.54) is 13.2 Å². The molecule has 0 amide bonds. The Morgan fingerprint density at radius 3 is 2.14 bits per heavy atom. The first-order valence-electron chi connectivity index (χ1n) is 6.42. The number of ether oxygens (including phenoxy) is 1. The molecule has 1 rings (SSSR count). The predicted octanol–water partition coefficient (Wildman–Crippen LogP) is 4.07. The lowest BCUT2D eigenvalue weighted by atomic mass is 10.2. The topological polar surface area (TPSA) is 61.8 Å². The number of carbonyl (C=O) groups is 1. The highest BCUT2D eigenvalue weighted by Crippen LogP contribution is 2.56. The van der Waals surface area contributed by atoms with Crippen LogP contribution in [0.5, 0.6) is 0 Å². The van der Waals surface area contributed by atoms with E-state index in [-0.39, 0.29) is 18.5 Å². The Kier molecular flexibility index (Phi) is 7.59. The van der Waals surface area contributed by atoms with Gasteiger partial charge in [-0.3, -0.25) is 4.57 Å². The van der Waals surface area contributed by atoms with Crippen LogP contribution in [0.2, 0.25) is 0 Å². The molecule has 0 saturated heterocycles. The predicted molar refractivity (Wildman–Crippen MR) is 90.0 cm³/mol. The Labute approximate surface area is 138 Å². The number of hydrogen-bond acceptors (Lipinski definition) is 5. The fourth-order valence-electron chi connectivity index (χ4n) is 1.59. The highest BCUT2D eigenvalue weighted by Gasteiger charge is 2.35. The van der Waals surface area contributed by atoms with Gasteiger partial charge in [-0.25, -0.2) is 4.79 Å². The second kappa shape index (κ2) is 8.68. The van der Waals surface area contributed by atoms with Crippen molar-refractivity contribution in [2.45, 2.75) is 13.8 Å². The van der Waals surface area contributed by atoms with E-state index in [4.69, 9.17) is 13.8 Å². The summed E-state index contributed by atoms with van der Waals surface area (Å²) in [5.74, 6) is -0.723. The van der Waals surface area contributed by atoms with Gasteiger partial charge in [0.15, 0.2) is 0 Å². The third kappa shape index (κ3) is 5.21. The fraction of sp³-hybridized carbons (Fsp3) is 0.357. The molecule has 0 fully saturated rings. The third-order valence-corrected chi connectivity index (χ3v) is 5.28. The molecular formula is C14H18IO5P. The number of hydrogen-bond donors (Lipinski definition) is 0. The largest absolute Gasteiger partial charge is 0.465 e. The molecule has 0 atom stereocenters. The SMILES string of the molecule is CCOP(=O)(OCC)/C(=C/c1ccc(I)cc1)C(=O)OC. The molecule has 0 aliphatic heterocycles. The lowest BCUT2D eigenvalue weighted by Crippen LogP contribution is -2.09. The Bertz CT molecular complexity index is 543. The van der Waals surface area contributed by atoms with Crippen LogP contribution < -0.4 is 0 Å². The Hall–Kier alpha value is -0.690. The lowest BCUT2D eigenvalue weighted by Gasteiger charge is -2.18. The lowest BCUT2D eigenvalue weighted by molar-refractivity contribution is -0.135. The molecule has 0 radical (unpaired) electrons. The zero-order valence-corrected chi connectivity index (χ0v) is 15.2. The van der Waals surface area contributed by atoms with Crippen molar-refractivity contribution in [3.8, 4) is 0 Å².